The SMILES string of the molecule is COC(=O)C(CN(C)CCc1ccccn1)NC(C)C. The van der Waals surface area contributed by atoms with E-state index in [9.17, 15) is 4.79 Å². The maximum atomic E-state index is 11.7. The summed E-state index contributed by atoms with van der Waals surface area (Å²) in [5.41, 5.74) is 1.06. The normalized spacial score (nSPS) is 12.7. The first-order valence-corrected chi connectivity index (χ1v) is 6.95. The molecule has 1 unspecified atom stereocenters. The van der Waals surface area contributed by atoms with Gasteiger partial charge in [-0.15, -0.1) is 0 Å². The second kappa shape index (κ2) is 8.66. The lowest BCUT2D eigenvalue weighted by atomic mass is 10.2. The van der Waals surface area contributed by atoms with E-state index in [4.69, 9.17) is 4.74 Å². The fourth-order valence-corrected chi connectivity index (χ4v) is 1.99. The smallest absolute Gasteiger partial charge is 0.324 e. The van der Waals surface area contributed by atoms with Crippen molar-refractivity contribution in [2.24, 2.45) is 0 Å². The Labute approximate surface area is 121 Å². The molecule has 0 fully saturated rings. The third-order valence-electron chi connectivity index (χ3n) is 2.99. The molecule has 1 rings (SSSR count). The van der Waals surface area contributed by atoms with Gasteiger partial charge in [-0.3, -0.25) is 9.78 Å². The molecule has 1 heterocycles. The summed E-state index contributed by atoms with van der Waals surface area (Å²) < 4.78 is 4.84. The number of nitrogens with zero attached hydrogens (tertiary/aromatic N) is 2. The number of likely N-dealkylation sites (N-methyl/N-ethyl adjacent to an activating group) is 1. The van der Waals surface area contributed by atoms with E-state index in [2.05, 4.69) is 15.2 Å². The van der Waals surface area contributed by atoms with E-state index in [-0.39, 0.29) is 18.1 Å². The molecule has 0 saturated carbocycles. The molecule has 0 bridgehead atoms. The number of nitrogens with one attached hydrogen (secondary N) is 1. The average Bonchev–Trinajstić information content (AvgIpc) is 2.44. The summed E-state index contributed by atoms with van der Waals surface area (Å²) in [7, 11) is 3.42. The maximum Gasteiger partial charge on any atom is 0.324 e. The minimum Gasteiger partial charge on any atom is -0.468 e. The Balaban J connectivity index is 2.45. The predicted octanol–water partition coefficient (Wildman–Crippen LogP) is 1.10. The number of rotatable bonds is 8. The monoisotopic (exact) mass is 279 g/mol. The summed E-state index contributed by atoms with van der Waals surface area (Å²) in [5, 5.41) is 3.23. The van der Waals surface area contributed by atoms with Gasteiger partial charge in [-0.1, -0.05) is 19.9 Å². The topological polar surface area (TPSA) is 54.5 Å². The van der Waals surface area contributed by atoms with Gasteiger partial charge < -0.3 is 15.0 Å². The molecule has 0 aliphatic heterocycles. The minimum absolute atomic E-state index is 0.219. The number of esters is 1. The quantitative estimate of drug-likeness (QED) is 0.722. The van der Waals surface area contributed by atoms with Crippen LogP contribution in [0.25, 0.3) is 0 Å². The highest BCUT2D eigenvalue weighted by Crippen LogP contribution is 1.99. The molecule has 1 aromatic rings. The fourth-order valence-electron chi connectivity index (χ4n) is 1.99. The van der Waals surface area contributed by atoms with Crippen LogP contribution in [0, 0.1) is 0 Å². The number of methoxy groups -OCH3 is 1. The van der Waals surface area contributed by atoms with Gasteiger partial charge in [-0.25, -0.2) is 0 Å². The fraction of sp³-hybridized carbons (Fsp3) is 0.600. The number of hydrogen-bond donors (Lipinski definition) is 1. The highest BCUT2D eigenvalue weighted by Gasteiger charge is 2.21. The van der Waals surface area contributed by atoms with Crippen LogP contribution in [0.1, 0.15) is 19.5 Å². The van der Waals surface area contributed by atoms with Crippen LogP contribution in [-0.2, 0) is 16.0 Å². The molecule has 0 amide bonds. The summed E-state index contributed by atoms with van der Waals surface area (Å²) >= 11 is 0. The first-order valence-electron chi connectivity index (χ1n) is 6.95. The lowest BCUT2D eigenvalue weighted by Gasteiger charge is -2.24. The Kier molecular flexibility index (Phi) is 7.18. The van der Waals surface area contributed by atoms with Gasteiger partial charge in [0.15, 0.2) is 0 Å². The van der Waals surface area contributed by atoms with Gasteiger partial charge in [0.2, 0.25) is 0 Å². The van der Waals surface area contributed by atoms with E-state index in [1.807, 2.05) is 39.1 Å². The summed E-state index contributed by atoms with van der Waals surface area (Å²) in [6, 6.07) is 5.85. The van der Waals surface area contributed by atoms with E-state index in [1.54, 1.807) is 6.20 Å². The van der Waals surface area contributed by atoms with Crippen LogP contribution in [0.3, 0.4) is 0 Å². The van der Waals surface area contributed by atoms with Crippen molar-refractivity contribution < 1.29 is 9.53 Å². The molecule has 0 radical (unpaired) electrons. The van der Waals surface area contributed by atoms with Crippen molar-refractivity contribution in [3.05, 3.63) is 30.1 Å². The number of carbonyl (C=O) groups is 1. The Morgan fingerprint density at radius 1 is 1.45 bits per heavy atom. The molecule has 1 atom stereocenters. The second-order valence-electron chi connectivity index (χ2n) is 5.23. The Hall–Kier alpha value is -1.46. The van der Waals surface area contributed by atoms with Gasteiger partial charge >= 0.3 is 5.97 Å². The van der Waals surface area contributed by atoms with Gasteiger partial charge in [-0.2, -0.15) is 0 Å². The van der Waals surface area contributed by atoms with E-state index >= 15 is 0 Å². The third-order valence-corrected chi connectivity index (χ3v) is 2.99. The van der Waals surface area contributed by atoms with E-state index in [1.165, 1.54) is 7.11 Å². The molecule has 0 aromatic carbocycles. The molecule has 0 aliphatic carbocycles. The highest BCUT2D eigenvalue weighted by atomic mass is 16.5. The zero-order chi connectivity index (χ0) is 15.0. The molecule has 1 aromatic heterocycles. The first kappa shape index (κ1) is 16.6. The van der Waals surface area contributed by atoms with Crippen molar-refractivity contribution in [1.82, 2.24) is 15.2 Å². The second-order valence-corrected chi connectivity index (χ2v) is 5.23. The van der Waals surface area contributed by atoms with E-state index in [0.717, 1.165) is 18.7 Å². The molecular formula is C15H25N3O2. The Morgan fingerprint density at radius 3 is 2.75 bits per heavy atom. The number of hydrogen-bond acceptors (Lipinski definition) is 5. The summed E-state index contributed by atoms with van der Waals surface area (Å²) in [5.74, 6) is -0.219. The third kappa shape index (κ3) is 6.12. The summed E-state index contributed by atoms with van der Waals surface area (Å²) in [6.45, 7) is 5.51. The number of aromatic nitrogens is 1. The predicted molar refractivity (Wildman–Crippen MR) is 79.5 cm³/mol. The molecule has 0 saturated heterocycles. The van der Waals surface area contributed by atoms with Crippen LogP contribution in [0.5, 0.6) is 0 Å². The molecule has 112 valence electrons. The van der Waals surface area contributed by atoms with Gasteiger partial charge in [0.05, 0.1) is 7.11 Å². The van der Waals surface area contributed by atoms with E-state index < -0.39 is 0 Å². The lowest BCUT2D eigenvalue weighted by Crippen LogP contribution is -2.48. The van der Waals surface area contributed by atoms with Crippen LogP contribution in [-0.4, -0.2) is 55.2 Å². The van der Waals surface area contributed by atoms with E-state index in [0.29, 0.717) is 6.54 Å². The van der Waals surface area contributed by atoms with Crippen LogP contribution < -0.4 is 5.32 Å². The molecule has 5 heteroatoms. The largest absolute Gasteiger partial charge is 0.468 e. The highest BCUT2D eigenvalue weighted by molar-refractivity contribution is 5.75. The molecule has 20 heavy (non-hydrogen) atoms. The van der Waals surface area contributed by atoms with Crippen molar-refractivity contribution in [2.45, 2.75) is 32.4 Å². The maximum absolute atomic E-state index is 11.7. The summed E-state index contributed by atoms with van der Waals surface area (Å²) in [4.78, 5) is 18.1. The zero-order valence-electron chi connectivity index (χ0n) is 12.8. The number of pyridine rings is 1. The molecule has 0 spiro atoms. The van der Waals surface area contributed by atoms with Crippen molar-refractivity contribution in [3.63, 3.8) is 0 Å². The van der Waals surface area contributed by atoms with Crippen LogP contribution in [0.2, 0.25) is 0 Å². The van der Waals surface area contributed by atoms with Crippen LogP contribution in [0.4, 0.5) is 0 Å². The van der Waals surface area contributed by atoms with Gasteiger partial charge in [0.1, 0.15) is 6.04 Å². The molecule has 5 nitrogen and oxygen atoms in total. The number of carbonyl (C=O) groups excluding carboxylic acids is 1. The lowest BCUT2D eigenvalue weighted by molar-refractivity contribution is -0.143. The first-order chi connectivity index (χ1) is 9.52. The Morgan fingerprint density at radius 2 is 2.20 bits per heavy atom. The van der Waals surface area contributed by atoms with Gasteiger partial charge in [0.25, 0.3) is 0 Å². The molecule has 0 aliphatic rings. The van der Waals surface area contributed by atoms with Crippen LogP contribution >= 0.6 is 0 Å². The minimum atomic E-state index is -0.297. The van der Waals surface area contributed by atoms with Crippen molar-refractivity contribution >= 4 is 5.97 Å². The van der Waals surface area contributed by atoms with Gasteiger partial charge in [-0.05, 0) is 19.2 Å². The number of ether oxygens (including phenoxy) is 1. The Bertz CT molecular complexity index is 395. The zero-order valence-corrected chi connectivity index (χ0v) is 12.8. The summed E-state index contributed by atoms with van der Waals surface area (Å²) in [6.07, 6.45) is 2.67. The van der Waals surface area contributed by atoms with Crippen LogP contribution in [0.15, 0.2) is 24.4 Å². The van der Waals surface area contributed by atoms with Gasteiger partial charge in [0, 0.05) is 37.4 Å². The molecule has 1 N–H and O–H groups in total. The van der Waals surface area contributed by atoms with Crippen molar-refractivity contribution in [2.75, 3.05) is 27.2 Å². The average molecular weight is 279 g/mol. The standard InChI is InChI=1S/C15H25N3O2/c1-12(2)17-14(15(19)20-4)11-18(3)10-8-13-7-5-6-9-16-13/h5-7,9,12,14,17H,8,10-11H2,1-4H3. The van der Waals surface area contributed by atoms with Crippen molar-refractivity contribution in [3.8, 4) is 0 Å². The van der Waals surface area contributed by atoms with Crippen molar-refractivity contribution in [1.29, 1.82) is 0 Å². The molecular weight excluding hydrogens is 254 g/mol.